The van der Waals surface area contributed by atoms with Crippen LogP contribution in [-0.2, 0) is 9.59 Å². The molecular formula is C24H20FN5O4S2. The lowest BCUT2D eigenvalue weighted by Crippen LogP contribution is -2.47. The number of rotatable bonds is 5. The van der Waals surface area contributed by atoms with Crippen LogP contribution in [0.4, 0.5) is 15.9 Å². The predicted octanol–water partition coefficient (Wildman–Crippen LogP) is 2.45. The average Bonchev–Trinajstić information content (AvgIpc) is 3.13. The average molecular weight is 526 g/mol. The molecule has 0 bridgehead atoms. The van der Waals surface area contributed by atoms with Gasteiger partial charge in [-0.1, -0.05) is 30.0 Å². The van der Waals surface area contributed by atoms with Crippen LogP contribution in [0.5, 0.6) is 0 Å². The molecule has 0 unspecified atom stereocenters. The van der Waals surface area contributed by atoms with E-state index in [1.54, 1.807) is 36.5 Å². The quantitative estimate of drug-likeness (QED) is 0.398. The predicted molar refractivity (Wildman–Crippen MR) is 140 cm³/mol. The summed E-state index contributed by atoms with van der Waals surface area (Å²) in [6.07, 6.45) is 3.06. The number of thioether (sulfide) groups is 1. The first-order valence-electron chi connectivity index (χ1n) is 11.1. The van der Waals surface area contributed by atoms with Crippen LogP contribution in [0.25, 0.3) is 11.7 Å². The zero-order chi connectivity index (χ0) is 25.4. The molecule has 1 N–H and O–H groups in total. The molecule has 1 amide bonds. The summed E-state index contributed by atoms with van der Waals surface area (Å²) in [6.45, 7) is 1.81. The van der Waals surface area contributed by atoms with Gasteiger partial charge >= 0.3 is 5.97 Å². The molecular weight excluding hydrogens is 505 g/mol. The van der Waals surface area contributed by atoms with Crippen LogP contribution in [-0.4, -0.2) is 68.3 Å². The molecule has 2 saturated heterocycles. The molecule has 3 aromatic rings. The number of piperazine rings is 1. The molecule has 0 spiro atoms. The van der Waals surface area contributed by atoms with Gasteiger partial charge in [0.05, 0.1) is 10.5 Å². The van der Waals surface area contributed by atoms with Gasteiger partial charge in [-0.05, 0) is 42.5 Å². The summed E-state index contributed by atoms with van der Waals surface area (Å²) >= 11 is 6.15. The number of amides is 1. The Bertz CT molecular complexity index is 1470. The van der Waals surface area contributed by atoms with Crippen LogP contribution in [0.1, 0.15) is 5.56 Å². The maximum absolute atomic E-state index is 13.5. The molecule has 0 atom stereocenters. The number of thiocarbonyl (C=S) groups is 1. The Hall–Kier alpha value is -3.77. The van der Waals surface area contributed by atoms with E-state index in [0.717, 1.165) is 22.3 Å². The third-order valence-corrected chi connectivity index (χ3v) is 7.34. The molecule has 0 radical (unpaired) electrons. The number of carboxylic acids is 1. The third-order valence-electron chi connectivity index (χ3n) is 5.96. The minimum absolute atomic E-state index is 0.122. The first kappa shape index (κ1) is 23.9. The fourth-order valence-electron chi connectivity index (χ4n) is 4.19. The van der Waals surface area contributed by atoms with E-state index in [-0.39, 0.29) is 26.2 Å². The molecule has 9 nitrogen and oxygen atoms in total. The highest BCUT2D eigenvalue weighted by Gasteiger charge is 2.34. The first-order valence-corrected chi connectivity index (χ1v) is 12.3. The molecule has 1 aromatic carbocycles. The Morgan fingerprint density at radius 3 is 2.47 bits per heavy atom. The Kier molecular flexibility index (Phi) is 6.46. The van der Waals surface area contributed by atoms with Crippen molar-refractivity contribution in [1.29, 1.82) is 0 Å². The number of carboxylic acid groups (broad SMARTS) is 1. The van der Waals surface area contributed by atoms with E-state index in [1.807, 2.05) is 4.90 Å². The van der Waals surface area contributed by atoms with Gasteiger partial charge in [-0.2, -0.15) is 0 Å². The van der Waals surface area contributed by atoms with Crippen molar-refractivity contribution in [1.82, 2.24) is 14.3 Å². The fraction of sp³-hybridized carbons (Fsp3) is 0.208. The molecule has 5 rings (SSSR count). The van der Waals surface area contributed by atoms with Crippen molar-refractivity contribution < 1.29 is 19.1 Å². The number of nitrogens with zero attached hydrogens (tertiary/aromatic N) is 5. The minimum atomic E-state index is -1.18. The normalized spacial score (nSPS) is 17.5. The van der Waals surface area contributed by atoms with Crippen molar-refractivity contribution >= 4 is 63.4 Å². The maximum Gasteiger partial charge on any atom is 0.323 e. The van der Waals surface area contributed by atoms with Gasteiger partial charge in [0, 0.05) is 38.1 Å². The molecule has 0 saturated carbocycles. The standard InChI is InChI=1S/C24H20FN5O4S2/c25-15-4-6-16(7-5-15)27-9-11-28(12-10-27)21-17(22(33)29-8-2-1-3-19(29)26-21)13-18-23(34)30(14-20(31)32)24(35)36-18/h1-8,13H,9-12,14H2,(H,31,32)/b18-13+. The molecule has 36 heavy (non-hydrogen) atoms. The van der Waals surface area contributed by atoms with E-state index >= 15 is 0 Å². The van der Waals surface area contributed by atoms with Gasteiger partial charge in [0.25, 0.3) is 11.5 Å². The van der Waals surface area contributed by atoms with Crippen LogP contribution in [0.2, 0.25) is 0 Å². The Morgan fingerprint density at radius 1 is 1.08 bits per heavy atom. The summed E-state index contributed by atoms with van der Waals surface area (Å²) < 4.78 is 14.8. The summed E-state index contributed by atoms with van der Waals surface area (Å²) in [5.74, 6) is -1.60. The molecule has 2 aromatic heterocycles. The first-order chi connectivity index (χ1) is 17.3. The van der Waals surface area contributed by atoms with Crippen LogP contribution >= 0.6 is 24.0 Å². The number of aromatic nitrogens is 2. The van der Waals surface area contributed by atoms with Crippen molar-refractivity contribution in [3.63, 3.8) is 0 Å². The van der Waals surface area contributed by atoms with E-state index in [0.29, 0.717) is 37.6 Å². The van der Waals surface area contributed by atoms with E-state index in [1.165, 1.54) is 22.6 Å². The van der Waals surface area contributed by atoms with Crippen LogP contribution in [0, 0.1) is 5.82 Å². The Morgan fingerprint density at radius 2 is 1.78 bits per heavy atom. The third kappa shape index (κ3) is 4.56. The summed E-state index contributed by atoms with van der Waals surface area (Å²) in [4.78, 5) is 47.5. The van der Waals surface area contributed by atoms with Gasteiger partial charge in [0.15, 0.2) is 0 Å². The minimum Gasteiger partial charge on any atom is -0.480 e. The molecule has 2 fully saturated rings. The highest BCUT2D eigenvalue weighted by atomic mass is 32.2. The second-order valence-corrected chi connectivity index (χ2v) is 9.87. The van der Waals surface area contributed by atoms with Crippen LogP contribution < -0.4 is 15.4 Å². The molecule has 2 aliphatic rings. The topological polar surface area (TPSA) is 98.5 Å². The van der Waals surface area contributed by atoms with Gasteiger partial charge < -0.3 is 14.9 Å². The monoisotopic (exact) mass is 525 g/mol. The summed E-state index contributed by atoms with van der Waals surface area (Å²) in [6, 6.07) is 11.5. The van der Waals surface area contributed by atoms with Gasteiger partial charge in [0.2, 0.25) is 0 Å². The van der Waals surface area contributed by atoms with E-state index in [9.17, 15) is 18.8 Å². The highest BCUT2D eigenvalue weighted by molar-refractivity contribution is 8.26. The lowest BCUT2D eigenvalue weighted by molar-refractivity contribution is -0.140. The SMILES string of the molecule is O=C(O)CN1C(=O)/C(=C\c2c(N3CCN(c4ccc(F)cc4)CC3)nc3ccccn3c2=O)SC1=S. The molecule has 0 aliphatic carbocycles. The van der Waals surface area contributed by atoms with Crippen molar-refractivity contribution in [2.75, 3.05) is 42.5 Å². The van der Waals surface area contributed by atoms with Crippen LogP contribution in [0.3, 0.4) is 0 Å². The number of aliphatic carboxylic acids is 1. The zero-order valence-electron chi connectivity index (χ0n) is 18.8. The Balaban J connectivity index is 1.50. The second-order valence-electron chi connectivity index (χ2n) is 8.20. The van der Waals surface area contributed by atoms with E-state index < -0.39 is 18.4 Å². The largest absolute Gasteiger partial charge is 0.480 e. The van der Waals surface area contributed by atoms with E-state index in [4.69, 9.17) is 22.3 Å². The lowest BCUT2D eigenvalue weighted by atomic mass is 10.2. The number of carbonyl (C=O) groups excluding carboxylic acids is 1. The second kappa shape index (κ2) is 9.70. The van der Waals surface area contributed by atoms with Crippen molar-refractivity contribution in [3.05, 3.63) is 75.3 Å². The summed E-state index contributed by atoms with van der Waals surface area (Å²) in [5.41, 5.74) is 1.25. The molecule has 2 aliphatic heterocycles. The lowest BCUT2D eigenvalue weighted by Gasteiger charge is -2.37. The zero-order valence-corrected chi connectivity index (χ0v) is 20.5. The molecule has 4 heterocycles. The Labute approximate surface area is 214 Å². The summed E-state index contributed by atoms with van der Waals surface area (Å²) in [7, 11) is 0. The summed E-state index contributed by atoms with van der Waals surface area (Å²) in [5, 5.41) is 9.10. The van der Waals surface area contributed by atoms with Gasteiger partial charge in [-0.3, -0.25) is 23.7 Å². The van der Waals surface area contributed by atoms with Crippen LogP contribution in [0.15, 0.2) is 58.4 Å². The maximum atomic E-state index is 13.5. The number of benzene rings is 1. The van der Waals surface area contributed by atoms with Gasteiger partial charge in [-0.25, -0.2) is 9.37 Å². The van der Waals surface area contributed by atoms with Crippen molar-refractivity contribution in [2.45, 2.75) is 0 Å². The number of hydrogen-bond donors (Lipinski definition) is 1. The van der Waals surface area contributed by atoms with Gasteiger partial charge in [-0.15, -0.1) is 0 Å². The molecule has 12 heteroatoms. The number of fused-ring (bicyclic) bond motifs is 1. The fourth-order valence-corrected chi connectivity index (χ4v) is 5.43. The number of hydrogen-bond acceptors (Lipinski definition) is 8. The smallest absolute Gasteiger partial charge is 0.323 e. The number of halogens is 1. The number of carbonyl (C=O) groups is 2. The highest BCUT2D eigenvalue weighted by Crippen LogP contribution is 2.33. The molecule has 184 valence electrons. The van der Waals surface area contributed by atoms with Crippen molar-refractivity contribution in [2.24, 2.45) is 0 Å². The van der Waals surface area contributed by atoms with E-state index in [2.05, 4.69) is 4.90 Å². The number of anilines is 2. The van der Waals surface area contributed by atoms with Gasteiger partial charge in [0.1, 0.15) is 28.1 Å². The number of pyridine rings is 1. The van der Waals surface area contributed by atoms with Crippen molar-refractivity contribution in [3.8, 4) is 0 Å².